The van der Waals surface area contributed by atoms with E-state index in [1.807, 2.05) is 6.08 Å². The molecule has 42 valence electrons. The van der Waals surface area contributed by atoms with Gasteiger partial charge in [0.25, 0.3) is 12.4 Å². The molecule has 0 aromatic carbocycles. The van der Waals surface area contributed by atoms with Crippen LogP contribution in [-0.4, -0.2) is 15.6 Å². The first-order valence-corrected chi connectivity index (χ1v) is 2.66. The third kappa shape index (κ3) is 1.13. The van der Waals surface area contributed by atoms with Gasteiger partial charge < -0.3 is 5.11 Å². The summed E-state index contributed by atoms with van der Waals surface area (Å²) in [6.07, 6.45) is 4.94. The molecule has 2 nitrogen and oxygen atoms in total. The molecule has 1 heterocycles. The molecule has 0 amide bonds. The van der Waals surface area contributed by atoms with E-state index in [0.29, 0.717) is 6.54 Å². The van der Waals surface area contributed by atoms with Crippen molar-refractivity contribution in [1.82, 2.24) is 0 Å². The lowest BCUT2D eigenvalue weighted by Crippen LogP contribution is -2.03. The van der Waals surface area contributed by atoms with Crippen molar-refractivity contribution in [3.05, 3.63) is 24.1 Å². The highest BCUT2D eigenvalue weighted by atomic mass is 32.1. The van der Waals surface area contributed by atoms with Crippen LogP contribution in [0.15, 0.2) is 24.1 Å². The van der Waals surface area contributed by atoms with Crippen LogP contribution in [0, 0.1) is 0 Å². The van der Waals surface area contributed by atoms with Gasteiger partial charge in [-0.3, -0.25) is 0 Å². The monoisotopic (exact) mass is 128 g/mol. The Morgan fingerprint density at radius 3 is 2.88 bits per heavy atom. The molecule has 3 heteroatoms. The molecule has 1 aliphatic rings. The molecule has 0 aromatic rings. The number of hydrogen-bond acceptors (Lipinski definition) is 2. The molecule has 0 atom stereocenters. The Morgan fingerprint density at radius 1 is 1.75 bits per heavy atom. The molecule has 0 spiro atoms. The summed E-state index contributed by atoms with van der Waals surface area (Å²) in [5.41, 5.74) is 0. The second-order valence-electron chi connectivity index (χ2n) is 1.56. The average molecular weight is 128 g/mol. The van der Waals surface area contributed by atoms with E-state index in [-0.39, 0.29) is 5.76 Å². The van der Waals surface area contributed by atoms with Crippen molar-refractivity contribution in [2.45, 2.75) is 0 Å². The van der Waals surface area contributed by atoms with E-state index in [1.165, 1.54) is 10.1 Å². The van der Waals surface area contributed by atoms with Gasteiger partial charge in [0, 0.05) is 0 Å². The minimum atomic E-state index is 0.228. The lowest BCUT2D eigenvalue weighted by atomic mass is 10.4. The molecular formula is C5H6NOS+. The molecule has 1 rings (SSSR count). The lowest BCUT2D eigenvalue weighted by molar-refractivity contribution is -0.416. The van der Waals surface area contributed by atoms with Crippen LogP contribution >= 0.6 is 0 Å². The smallest absolute Gasteiger partial charge is 0.270 e. The predicted molar refractivity (Wildman–Crippen MR) is 32.3 cm³/mol. The molecule has 0 fully saturated rings. The number of aliphatic hydroxyl groups excluding tert-OH is 1. The maximum Gasteiger partial charge on any atom is 0.270 e. The fraction of sp³-hybridized carbons (Fsp3) is 0.200. The summed E-state index contributed by atoms with van der Waals surface area (Å²) in [5, 5.41) is 8.75. The summed E-state index contributed by atoms with van der Waals surface area (Å²) in [7, 11) is 0. The minimum Gasteiger partial charge on any atom is -0.503 e. The Hall–Kier alpha value is -0.700. The van der Waals surface area contributed by atoms with Crippen molar-refractivity contribution < 1.29 is 9.05 Å². The molecule has 1 N–H and O–H groups in total. The first-order chi connectivity index (χ1) is 3.79. The van der Waals surface area contributed by atoms with Crippen LogP contribution in [0.2, 0.25) is 0 Å². The van der Waals surface area contributed by atoms with Gasteiger partial charge in [-0.2, -0.15) is 0 Å². The summed E-state index contributed by atoms with van der Waals surface area (Å²) >= 11 is 4.71. The van der Waals surface area contributed by atoms with E-state index in [4.69, 9.17) is 17.5 Å². The third-order valence-electron chi connectivity index (χ3n) is 0.850. The fourth-order valence-electron chi connectivity index (χ4n) is 0.521. The molecule has 0 aliphatic carbocycles. The first kappa shape index (κ1) is 5.44. The molecule has 0 radical (unpaired) electrons. The number of rotatable bonds is 0. The summed E-state index contributed by atoms with van der Waals surface area (Å²) in [4.78, 5) is 0. The quantitative estimate of drug-likeness (QED) is 0.485. The highest BCUT2D eigenvalue weighted by molar-refractivity contribution is 7.44. The predicted octanol–water partition coefficient (Wildman–Crippen LogP) is 0.699. The van der Waals surface area contributed by atoms with Crippen LogP contribution in [0.4, 0.5) is 0 Å². The zero-order valence-corrected chi connectivity index (χ0v) is 5.06. The number of allylic oxidation sites excluding steroid dienone is 1. The van der Waals surface area contributed by atoms with E-state index in [2.05, 4.69) is 0 Å². The van der Waals surface area contributed by atoms with Crippen LogP contribution in [0.25, 0.3) is 0 Å². The van der Waals surface area contributed by atoms with E-state index >= 15 is 0 Å². The minimum absolute atomic E-state index is 0.228. The van der Waals surface area contributed by atoms with Gasteiger partial charge in [-0.1, -0.05) is 0 Å². The normalized spacial score (nSPS) is 18.5. The van der Waals surface area contributed by atoms with Gasteiger partial charge >= 0.3 is 0 Å². The van der Waals surface area contributed by atoms with Crippen LogP contribution in [0.5, 0.6) is 0 Å². The number of nitrogens with zero attached hydrogens (tertiary/aromatic N) is 1. The second-order valence-corrected chi connectivity index (χ2v) is 2.03. The van der Waals surface area contributed by atoms with Gasteiger partial charge in [0.15, 0.2) is 12.3 Å². The molecule has 0 saturated heterocycles. The van der Waals surface area contributed by atoms with Gasteiger partial charge in [-0.05, 0) is 12.2 Å². The second kappa shape index (κ2) is 2.05. The zero-order chi connectivity index (χ0) is 5.98. The van der Waals surface area contributed by atoms with Crippen molar-refractivity contribution in [3.8, 4) is 0 Å². The SMILES string of the molecule is OC1=C[N+](=S)CC=C1. The Balaban J connectivity index is 2.77. The van der Waals surface area contributed by atoms with Crippen molar-refractivity contribution in [3.63, 3.8) is 0 Å². The summed E-state index contributed by atoms with van der Waals surface area (Å²) < 4.78 is 1.50. The fourth-order valence-corrected chi connectivity index (χ4v) is 0.715. The maximum absolute atomic E-state index is 8.75. The first-order valence-electron chi connectivity index (χ1n) is 2.30. The lowest BCUT2D eigenvalue weighted by Gasteiger charge is -1.92. The molecule has 0 aromatic heterocycles. The van der Waals surface area contributed by atoms with E-state index in [0.717, 1.165) is 0 Å². The van der Waals surface area contributed by atoms with Crippen molar-refractivity contribution in [2.24, 2.45) is 0 Å². The van der Waals surface area contributed by atoms with Crippen LogP contribution in [0.3, 0.4) is 0 Å². The Labute approximate surface area is 52.9 Å². The summed E-state index contributed by atoms with van der Waals surface area (Å²) in [6, 6.07) is 0. The summed E-state index contributed by atoms with van der Waals surface area (Å²) in [6.45, 7) is 0.708. The molecule has 0 bridgehead atoms. The maximum atomic E-state index is 8.75. The van der Waals surface area contributed by atoms with Crippen molar-refractivity contribution in [2.75, 3.05) is 6.54 Å². The van der Waals surface area contributed by atoms with Gasteiger partial charge in [0.05, 0.1) is 0 Å². The third-order valence-corrected chi connectivity index (χ3v) is 1.10. The summed E-state index contributed by atoms with van der Waals surface area (Å²) in [5.74, 6) is 0.228. The Kier molecular flexibility index (Phi) is 1.39. The highest BCUT2D eigenvalue weighted by Crippen LogP contribution is 1.96. The van der Waals surface area contributed by atoms with Gasteiger partial charge in [0.2, 0.25) is 6.20 Å². The Morgan fingerprint density at radius 2 is 2.50 bits per heavy atom. The van der Waals surface area contributed by atoms with E-state index in [1.54, 1.807) is 6.08 Å². The van der Waals surface area contributed by atoms with E-state index < -0.39 is 0 Å². The molecule has 1 aliphatic heterocycles. The number of aliphatic hydroxyl groups is 1. The molecule has 8 heavy (non-hydrogen) atoms. The van der Waals surface area contributed by atoms with Crippen molar-refractivity contribution >= 4 is 12.4 Å². The average Bonchev–Trinajstić information content (AvgIpc) is 1.64. The molecule has 0 saturated carbocycles. The number of hydrogen-bond donors (Lipinski definition) is 1. The van der Waals surface area contributed by atoms with Crippen LogP contribution < -0.4 is 0 Å². The van der Waals surface area contributed by atoms with Crippen LogP contribution in [0.1, 0.15) is 0 Å². The van der Waals surface area contributed by atoms with Crippen molar-refractivity contribution in [1.29, 1.82) is 0 Å². The standard InChI is InChI=1S/C5H5NOS/c7-5-2-1-3-6(8)4-5/h1-2,4H,3H2/p+1. The van der Waals surface area contributed by atoms with Gasteiger partial charge in [-0.15, -0.1) is 3.95 Å². The Bertz CT molecular complexity index is 171. The van der Waals surface area contributed by atoms with Gasteiger partial charge in [0.1, 0.15) is 0 Å². The molecule has 0 unspecified atom stereocenters. The molecular weight excluding hydrogens is 122 g/mol. The van der Waals surface area contributed by atoms with Gasteiger partial charge in [-0.25, -0.2) is 0 Å². The zero-order valence-electron chi connectivity index (χ0n) is 4.24. The van der Waals surface area contributed by atoms with Crippen LogP contribution in [-0.2, 0) is 12.4 Å². The topological polar surface area (TPSA) is 23.2 Å². The highest BCUT2D eigenvalue weighted by Gasteiger charge is 2.03. The largest absolute Gasteiger partial charge is 0.503 e. The van der Waals surface area contributed by atoms with E-state index in [9.17, 15) is 0 Å².